The van der Waals surface area contributed by atoms with Crippen LogP contribution < -0.4 is 0 Å². The topological polar surface area (TPSA) is 86.9 Å². The molecule has 0 spiro atoms. The number of nitriles is 1. The Morgan fingerprint density at radius 2 is 1.82 bits per heavy atom. The lowest BCUT2D eigenvalue weighted by Crippen LogP contribution is -2.06. The second-order valence-electron chi connectivity index (χ2n) is 9.14. The fraction of sp³-hybridized carbons (Fsp3) is 0.379. The van der Waals surface area contributed by atoms with Crippen molar-refractivity contribution in [2.45, 2.75) is 65.7 Å². The van der Waals surface area contributed by atoms with Crippen LogP contribution in [0.4, 0.5) is 0 Å². The highest BCUT2D eigenvalue weighted by atomic mass is 16.4. The fourth-order valence-corrected chi connectivity index (χ4v) is 4.58. The molecule has 3 rings (SSSR count). The first kappa shape index (κ1) is 25.1. The van der Waals surface area contributed by atoms with Crippen LogP contribution in [0.5, 0.6) is 0 Å². The van der Waals surface area contributed by atoms with E-state index in [1.165, 1.54) is 11.1 Å². The number of aliphatic carboxylic acids is 1. The highest BCUT2D eigenvalue weighted by Crippen LogP contribution is 2.34. The molecule has 0 amide bonds. The maximum atomic E-state index is 11.1. The van der Waals surface area contributed by atoms with Gasteiger partial charge in [0.05, 0.1) is 11.6 Å². The molecule has 0 aliphatic rings. The molecule has 1 unspecified atom stereocenters. The minimum Gasteiger partial charge on any atom is -0.481 e. The van der Waals surface area contributed by atoms with Gasteiger partial charge >= 0.3 is 5.97 Å². The van der Waals surface area contributed by atoms with Crippen LogP contribution >= 0.6 is 0 Å². The molecule has 1 N–H and O–H groups in total. The van der Waals surface area contributed by atoms with Gasteiger partial charge in [0.15, 0.2) is 5.82 Å². The van der Waals surface area contributed by atoms with Gasteiger partial charge < -0.3 is 5.11 Å². The van der Waals surface area contributed by atoms with E-state index in [1.54, 1.807) is 0 Å². The maximum absolute atomic E-state index is 11.1. The number of hydrogen-bond acceptors (Lipinski definition) is 4. The van der Waals surface area contributed by atoms with Gasteiger partial charge in [-0.1, -0.05) is 58.0 Å². The van der Waals surface area contributed by atoms with Crippen LogP contribution in [0.2, 0.25) is 0 Å². The minimum atomic E-state index is -0.756. The molecule has 0 bridgehead atoms. The van der Waals surface area contributed by atoms with E-state index in [2.05, 4.69) is 55.9 Å². The van der Waals surface area contributed by atoms with Gasteiger partial charge in [0.1, 0.15) is 0 Å². The molecule has 0 radical (unpaired) electrons. The van der Waals surface area contributed by atoms with Gasteiger partial charge in [-0.25, -0.2) is 9.97 Å². The molecule has 176 valence electrons. The van der Waals surface area contributed by atoms with Crippen LogP contribution in [-0.2, 0) is 17.6 Å². The normalized spacial score (nSPS) is 11.9. The predicted octanol–water partition coefficient (Wildman–Crippen LogP) is 6.80. The Kier molecular flexibility index (Phi) is 8.54. The van der Waals surface area contributed by atoms with Crippen molar-refractivity contribution in [1.82, 2.24) is 9.97 Å². The van der Waals surface area contributed by atoms with Crippen molar-refractivity contribution in [3.05, 3.63) is 71.0 Å². The molecule has 0 saturated carbocycles. The van der Waals surface area contributed by atoms with Crippen LogP contribution in [0, 0.1) is 17.2 Å². The Bertz CT molecular complexity index is 1180. The van der Waals surface area contributed by atoms with Crippen molar-refractivity contribution >= 4 is 5.97 Å². The minimum absolute atomic E-state index is 0.171. The standard InChI is InChI=1S/C29H33N3O2/c1-5-20(12-13-28(33)34)26-8-7-9-27(25(26)6-2)24-17-31-29(32-18-24)22-11-10-21(14-19(3)4)23(15-22)16-30/h7-11,15,17-20H,5-6,12-14H2,1-4H3,(H,33,34). The largest absolute Gasteiger partial charge is 0.481 e. The Morgan fingerprint density at radius 3 is 2.41 bits per heavy atom. The van der Waals surface area contributed by atoms with Crippen molar-refractivity contribution in [3.8, 4) is 28.6 Å². The lowest BCUT2D eigenvalue weighted by molar-refractivity contribution is -0.137. The maximum Gasteiger partial charge on any atom is 0.303 e. The second-order valence-corrected chi connectivity index (χ2v) is 9.14. The molecule has 5 heteroatoms. The summed E-state index contributed by atoms with van der Waals surface area (Å²) in [7, 11) is 0. The Hall–Kier alpha value is -3.52. The Morgan fingerprint density at radius 1 is 1.09 bits per heavy atom. The number of nitrogens with zero attached hydrogens (tertiary/aromatic N) is 3. The zero-order valence-corrected chi connectivity index (χ0v) is 20.5. The smallest absolute Gasteiger partial charge is 0.303 e. The third-order valence-corrected chi connectivity index (χ3v) is 6.28. The summed E-state index contributed by atoms with van der Waals surface area (Å²) in [6.07, 6.45) is 7.09. The van der Waals surface area contributed by atoms with E-state index in [9.17, 15) is 10.1 Å². The SMILES string of the molecule is CCc1c(-c2cnc(-c3ccc(CC(C)C)c(C#N)c3)nc2)cccc1C(CC)CCC(=O)O. The van der Waals surface area contributed by atoms with E-state index in [0.29, 0.717) is 23.7 Å². The zero-order chi connectivity index (χ0) is 24.7. The molecule has 3 aromatic rings. The van der Waals surface area contributed by atoms with Gasteiger partial charge in [-0.05, 0) is 65.8 Å². The van der Waals surface area contributed by atoms with Crippen molar-refractivity contribution in [2.24, 2.45) is 5.92 Å². The lowest BCUT2D eigenvalue weighted by Gasteiger charge is -2.21. The molecule has 0 aliphatic heterocycles. The Labute approximate surface area is 202 Å². The van der Waals surface area contributed by atoms with E-state index in [0.717, 1.165) is 41.5 Å². The van der Waals surface area contributed by atoms with E-state index in [1.807, 2.05) is 36.7 Å². The van der Waals surface area contributed by atoms with Crippen molar-refractivity contribution < 1.29 is 9.90 Å². The molecule has 34 heavy (non-hydrogen) atoms. The average Bonchev–Trinajstić information content (AvgIpc) is 2.84. The number of hydrogen-bond donors (Lipinski definition) is 1. The van der Waals surface area contributed by atoms with Crippen LogP contribution in [0.3, 0.4) is 0 Å². The van der Waals surface area contributed by atoms with Crippen molar-refractivity contribution in [2.75, 3.05) is 0 Å². The second kappa shape index (κ2) is 11.6. The monoisotopic (exact) mass is 455 g/mol. The summed E-state index contributed by atoms with van der Waals surface area (Å²) in [5.74, 6) is 0.528. The van der Waals surface area contributed by atoms with E-state index in [4.69, 9.17) is 5.11 Å². The lowest BCUT2D eigenvalue weighted by atomic mass is 9.84. The van der Waals surface area contributed by atoms with Gasteiger partial charge in [0.25, 0.3) is 0 Å². The summed E-state index contributed by atoms with van der Waals surface area (Å²) in [6, 6.07) is 14.4. The summed E-state index contributed by atoms with van der Waals surface area (Å²) in [6.45, 7) is 8.53. The summed E-state index contributed by atoms with van der Waals surface area (Å²) >= 11 is 0. The molecular formula is C29H33N3O2. The quantitative estimate of drug-likeness (QED) is 0.363. The third kappa shape index (κ3) is 5.88. The average molecular weight is 456 g/mol. The molecule has 1 aromatic heterocycles. The summed E-state index contributed by atoms with van der Waals surface area (Å²) < 4.78 is 0. The van der Waals surface area contributed by atoms with Gasteiger partial charge in [-0.3, -0.25) is 4.79 Å². The molecule has 2 aromatic carbocycles. The number of rotatable bonds is 10. The van der Waals surface area contributed by atoms with E-state index >= 15 is 0 Å². The fourth-order valence-electron chi connectivity index (χ4n) is 4.58. The summed E-state index contributed by atoms with van der Waals surface area (Å²) in [4.78, 5) is 20.4. The van der Waals surface area contributed by atoms with Crippen molar-refractivity contribution in [3.63, 3.8) is 0 Å². The molecule has 1 atom stereocenters. The first-order chi connectivity index (χ1) is 16.4. The number of aromatic nitrogens is 2. The molecule has 0 aliphatic carbocycles. The van der Waals surface area contributed by atoms with Gasteiger partial charge in [-0.15, -0.1) is 0 Å². The summed E-state index contributed by atoms with van der Waals surface area (Å²) in [5, 5.41) is 18.7. The molecule has 0 fully saturated rings. The van der Waals surface area contributed by atoms with Gasteiger partial charge in [0, 0.05) is 29.9 Å². The number of carboxylic acid groups (broad SMARTS) is 1. The highest BCUT2D eigenvalue weighted by molar-refractivity contribution is 5.70. The molecule has 5 nitrogen and oxygen atoms in total. The van der Waals surface area contributed by atoms with Gasteiger partial charge in [0.2, 0.25) is 0 Å². The number of benzene rings is 2. The Balaban J connectivity index is 1.93. The number of carbonyl (C=O) groups is 1. The first-order valence-electron chi connectivity index (χ1n) is 12.1. The zero-order valence-electron chi connectivity index (χ0n) is 20.5. The van der Waals surface area contributed by atoms with Crippen molar-refractivity contribution in [1.29, 1.82) is 5.26 Å². The molecular weight excluding hydrogens is 422 g/mol. The van der Waals surface area contributed by atoms with E-state index in [-0.39, 0.29) is 12.3 Å². The third-order valence-electron chi connectivity index (χ3n) is 6.28. The molecule has 1 heterocycles. The van der Waals surface area contributed by atoms with E-state index < -0.39 is 5.97 Å². The van der Waals surface area contributed by atoms with Crippen LogP contribution in [0.25, 0.3) is 22.5 Å². The first-order valence-corrected chi connectivity index (χ1v) is 12.1. The molecule has 0 saturated heterocycles. The van der Waals surface area contributed by atoms with Crippen LogP contribution in [-0.4, -0.2) is 21.0 Å². The summed E-state index contributed by atoms with van der Waals surface area (Å²) in [5.41, 5.74) is 7.02. The predicted molar refractivity (Wildman–Crippen MR) is 135 cm³/mol. The van der Waals surface area contributed by atoms with Gasteiger partial charge in [-0.2, -0.15) is 5.26 Å². The van der Waals surface area contributed by atoms with Crippen LogP contribution in [0.15, 0.2) is 48.8 Å². The highest BCUT2D eigenvalue weighted by Gasteiger charge is 2.18. The van der Waals surface area contributed by atoms with Crippen LogP contribution in [0.1, 0.15) is 75.1 Å². The number of carboxylic acids is 1.